The van der Waals surface area contributed by atoms with Gasteiger partial charge in [0.2, 0.25) is 0 Å². The Morgan fingerprint density at radius 1 is 1.35 bits per heavy atom. The monoisotopic (exact) mass is 355 g/mol. The molecular weight excluding hydrogens is 330 g/mol. The number of benzene rings is 1. The molecule has 1 aromatic heterocycles. The normalized spacial score (nSPS) is 18.9. The lowest BCUT2D eigenvalue weighted by molar-refractivity contribution is -0.147. The molecule has 2 unspecified atom stereocenters. The van der Waals surface area contributed by atoms with Crippen molar-refractivity contribution >= 4 is 5.97 Å². The highest BCUT2D eigenvalue weighted by molar-refractivity contribution is 5.74. The van der Waals surface area contributed by atoms with Crippen LogP contribution in [0.5, 0.6) is 5.75 Å². The predicted octanol–water partition coefficient (Wildman–Crippen LogP) is 2.17. The number of ether oxygens (including phenoxy) is 2. The third kappa shape index (κ3) is 4.59. The van der Waals surface area contributed by atoms with Crippen molar-refractivity contribution in [3.8, 4) is 5.75 Å². The van der Waals surface area contributed by atoms with Gasteiger partial charge in [-0.2, -0.15) is 0 Å². The fourth-order valence-corrected chi connectivity index (χ4v) is 3.16. The van der Waals surface area contributed by atoms with Crippen LogP contribution in [0.4, 0.5) is 0 Å². The summed E-state index contributed by atoms with van der Waals surface area (Å²) in [6.45, 7) is 5.42. The predicted molar refractivity (Wildman–Crippen MR) is 98.8 cm³/mol. The lowest BCUT2D eigenvalue weighted by Crippen LogP contribution is -2.45. The first-order valence-corrected chi connectivity index (χ1v) is 8.85. The van der Waals surface area contributed by atoms with E-state index >= 15 is 0 Å². The van der Waals surface area contributed by atoms with Gasteiger partial charge in [0.05, 0.1) is 7.11 Å². The third-order valence-corrected chi connectivity index (χ3v) is 4.58. The Balaban J connectivity index is 1.65. The second kappa shape index (κ2) is 8.78. The Morgan fingerprint density at radius 3 is 2.85 bits per heavy atom. The Bertz CT molecular complexity index is 706. The first kappa shape index (κ1) is 18.4. The second-order valence-corrected chi connectivity index (χ2v) is 6.40. The van der Waals surface area contributed by atoms with Crippen LogP contribution in [0.1, 0.15) is 24.1 Å². The SMILES string of the molecule is COC(=O)C(C)Oc1ccc(CN2CCNCC2c2cccnc2)cc1. The lowest BCUT2D eigenvalue weighted by atomic mass is 10.0. The van der Waals surface area contributed by atoms with Crippen molar-refractivity contribution in [3.05, 3.63) is 59.9 Å². The molecule has 0 spiro atoms. The molecule has 0 radical (unpaired) electrons. The summed E-state index contributed by atoms with van der Waals surface area (Å²) in [4.78, 5) is 18.2. The number of carbonyl (C=O) groups excluding carboxylic acids is 1. The molecule has 0 aliphatic carbocycles. The molecule has 138 valence electrons. The van der Waals surface area contributed by atoms with Gasteiger partial charge < -0.3 is 14.8 Å². The van der Waals surface area contributed by atoms with E-state index in [9.17, 15) is 4.79 Å². The molecule has 2 atom stereocenters. The van der Waals surface area contributed by atoms with E-state index in [0.29, 0.717) is 11.8 Å². The average molecular weight is 355 g/mol. The van der Waals surface area contributed by atoms with Gasteiger partial charge in [-0.1, -0.05) is 18.2 Å². The number of aromatic nitrogens is 1. The molecule has 6 heteroatoms. The average Bonchev–Trinajstić information content (AvgIpc) is 2.70. The van der Waals surface area contributed by atoms with Gasteiger partial charge in [-0.3, -0.25) is 9.88 Å². The highest BCUT2D eigenvalue weighted by atomic mass is 16.6. The molecule has 1 aliphatic heterocycles. The van der Waals surface area contributed by atoms with Crippen LogP contribution in [0.25, 0.3) is 0 Å². The van der Waals surface area contributed by atoms with Crippen LogP contribution >= 0.6 is 0 Å². The van der Waals surface area contributed by atoms with Crippen LogP contribution < -0.4 is 10.1 Å². The maximum atomic E-state index is 11.5. The first-order valence-electron chi connectivity index (χ1n) is 8.85. The number of rotatable bonds is 6. The number of nitrogens with one attached hydrogen (secondary N) is 1. The summed E-state index contributed by atoms with van der Waals surface area (Å²) >= 11 is 0. The van der Waals surface area contributed by atoms with E-state index in [2.05, 4.69) is 26.0 Å². The number of esters is 1. The van der Waals surface area contributed by atoms with Crippen LogP contribution in [0.3, 0.4) is 0 Å². The lowest BCUT2D eigenvalue weighted by Gasteiger charge is -2.36. The maximum absolute atomic E-state index is 11.5. The summed E-state index contributed by atoms with van der Waals surface area (Å²) < 4.78 is 10.3. The Labute approximate surface area is 154 Å². The van der Waals surface area contributed by atoms with E-state index < -0.39 is 6.10 Å². The topological polar surface area (TPSA) is 63.7 Å². The largest absolute Gasteiger partial charge is 0.479 e. The summed E-state index contributed by atoms with van der Waals surface area (Å²) in [5, 5.41) is 3.46. The number of methoxy groups -OCH3 is 1. The number of piperazine rings is 1. The molecule has 6 nitrogen and oxygen atoms in total. The summed E-state index contributed by atoms with van der Waals surface area (Å²) in [5.41, 5.74) is 2.44. The Morgan fingerprint density at radius 2 is 2.15 bits per heavy atom. The zero-order valence-corrected chi connectivity index (χ0v) is 15.2. The minimum atomic E-state index is -0.617. The highest BCUT2D eigenvalue weighted by Crippen LogP contribution is 2.24. The molecule has 1 saturated heterocycles. The van der Waals surface area contributed by atoms with Crippen LogP contribution in [-0.2, 0) is 16.1 Å². The van der Waals surface area contributed by atoms with Crippen molar-refractivity contribution in [3.63, 3.8) is 0 Å². The highest BCUT2D eigenvalue weighted by Gasteiger charge is 2.24. The summed E-state index contributed by atoms with van der Waals surface area (Å²) in [6.07, 6.45) is 3.13. The van der Waals surface area contributed by atoms with Gasteiger partial charge in [0, 0.05) is 44.6 Å². The minimum Gasteiger partial charge on any atom is -0.479 e. The van der Waals surface area contributed by atoms with Gasteiger partial charge in [0.25, 0.3) is 0 Å². The van der Waals surface area contributed by atoms with Gasteiger partial charge in [-0.15, -0.1) is 0 Å². The standard InChI is InChI=1S/C20H25N3O3/c1-15(20(24)25-2)26-18-7-5-16(6-8-18)14-23-11-10-22-13-19(23)17-4-3-9-21-12-17/h3-9,12,15,19,22H,10-11,13-14H2,1-2H3. The Hall–Kier alpha value is -2.44. The summed E-state index contributed by atoms with van der Waals surface area (Å²) in [5.74, 6) is 0.282. The zero-order chi connectivity index (χ0) is 18.4. The van der Waals surface area contributed by atoms with Gasteiger partial charge in [-0.25, -0.2) is 4.79 Å². The van der Waals surface area contributed by atoms with Crippen molar-refractivity contribution in [1.82, 2.24) is 15.2 Å². The van der Waals surface area contributed by atoms with Gasteiger partial charge >= 0.3 is 5.97 Å². The van der Waals surface area contributed by atoms with E-state index in [1.807, 2.05) is 36.5 Å². The molecule has 2 aromatic rings. The number of hydrogen-bond acceptors (Lipinski definition) is 6. The third-order valence-electron chi connectivity index (χ3n) is 4.58. The number of nitrogens with zero attached hydrogens (tertiary/aromatic N) is 2. The van der Waals surface area contributed by atoms with E-state index in [0.717, 1.165) is 26.2 Å². The molecule has 1 fully saturated rings. The molecule has 2 heterocycles. The first-order chi connectivity index (χ1) is 12.7. The van der Waals surface area contributed by atoms with E-state index in [4.69, 9.17) is 4.74 Å². The number of hydrogen-bond donors (Lipinski definition) is 1. The fourth-order valence-electron chi connectivity index (χ4n) is 3.16. The Kier molecular flexibility index (Phi) is 6.20. The van der Waals surface area contributed by atoms with Gasteiger partial charge in [0.1, 0.15) is 5.75 Å². The van der Waals surface area contributed by atoms with Crippen molar-refractivity contribution < 1.29 is 14.3 Å². The molecular formula is C20H25N3O3. The van der Waals surface area contributed by atoms with Crippen molar-refractivity contribution in [1.29, 1.82) is 0 Å². The smallest absolute Gasteiger partial charge is 0.346 e. The molecule has 3 rings (SSSR count). The van der Waals surface area contributed by atoms with Gasteiger partial charge in [0.15, 0.2) is 6.10 Å². The van der Waals surface area contributed by atoms with Crippen LogP contribution in [0, 0.1) is 0 Å². The van der Waals surface area contributed by atoms with Gasteiger partial charge in [-0.05, 0) is 36.2 Å². The molecule has 1 aromatic carbocycles. The number of pyridine rings is 1. The maximum Gasteiger partial charge on any atom is 0.346 e. The van der Waals surface area contributed by atoms with E-state index in [1.165, 1.54) is 18.2 Å². The minimum absolute atomic E-state index is 0.313. The fraction of sp³-hybridized carbons (Fsp3) is 0.400. The van der Waals surface area contributed by atoms with Crippen molar-refractivity contribution in [2.75, 3.05) is 26.7 Å². The summed E-state index contributed by atoms with van der Waals surface area (Å²) in [6, 6.07) is 12.3. The molecule has 0 amide bonds. The second-order valence-electron chi connectivity index (χ2n) is 6.40. The van der Waals surface area contributed by atoms with Crippen LogP contribution in [0.15, 0.2) is 48.8 Å². The molecule has 1 aliphatic rings. The molecule has 26 heavy (non-hydrogen) atoms. The van der Waals surface area contributed by atoms with Crippen molar-refractivity contribution in [2.24, 2.45) is 0 Å². The molecule has 0 bridgehead atoms. The van der Waals surface area contributed by atoms with Crippen LogP contribution in [0.2, 0.25) is 0 Å². The number of carbonyl (C=O) groups is 1. The van der Waals surface area contributed by atoms with Crippen molar-refractivity contribution in [2.45, 2.75) is 25.6 Å². The molecule has 1 N–H and O–H groups in total. The quantitative estimate of drug-likeness (QED) is 0.802. The zero-order valence-electron chi connectivity index (χ0n) is 15.2. The van der Waals surface area contributed by atoms with E-state index in [-0.39, 0.29) is 5.97 Å². The molecule has 0 saturated carbocycles. The summed E-state index contributed by atoms with van der Waals surface area (Å²) in [7, 11) is 1.36. The van der Waals surface area contributed by atoms with Crippen LogP contribution in [-0.4, -0.2) is 48.7 Å². The van der Waals surface area contributed by atoms with E-state index in [1.54, 1.807) is 13.1 Å².